The summed E-state index contributed by atoms with van der Waals surface area (Å²) in [6, 6.07) is 10.1. The molecular formula is C23H32N4O4. The van der Waals surface area contributed by atoms with Gasteiger partial charge in [0.2, 0.25) is 0 Å². The Labute approximate surface area is 183 Å². The smallest absolute Gasteiger partial charge is 0.251 e. The van der Waals surface area contributed by atoms with E-state index in [2.05, 4.69) is 15.6 Å². The van der Waals surface area contributed by atoms with Crippen molar-refractivity contribution in [2.24, 2.45) is 4.99 Å². The minimum atomic E-state index is -0.200. The Morgan fingerprint density at radius 2 is 1.74 bits per heavy atom. The zero-order chi connectivity index (χ0) is 22.8. The second-order valence-electron chi connectivity index (χ2n) is 7.03. The van der Waals surface area contributed by atoms with Crippen molar-refractivity contribution in [2.45, 2.75) is 20.4 Å². The molecule has 0 aromatic heterocycles. The van der Waals surface area contributed by atoms with E-state index in [0.717, 1.165) is 23.6 Å². The fourth-order valence-corrected chi connectivity index (χ4v) is 3.04. The summed E-state index contributed by atoms with van der Waals surface area (Å²) in [4.78, 5) is 18.8. The fourth-order valence-electron chi connectivity index (χ4n) is 3.04. The molecule has 0 atom stereocenters. The van der Waals surface area contributed by atoms with E-state index in [9.17, 15) is 9.90 Å². The van der Waals surface area contributed by atoms with Crippen LogP contribution >= 0.6 is 0 Å². The first kappa shape index (κ1) is 23.9. The summed E-state index contributed by atoms with van der Waals surface area (Å²) >= 11 is 0. The van der Waals surface area contributed by atoms with Crippen LogP contribution in [0.3, 0.4) is 0 Å². The lowest BCUT2D eigenvalue weighted by molar-refractivity contribution is 0.0955. The Hall–Kier alpha value is -3.42. The van der Waals surface area contributed by atoms with Crippen LogP contribution in [0.15, 0.2) is 41.4 Å². The number of phenols is 1. The molecule has 0 aliphatic carbocycles. The summed E-state index contributed by atoms with van der Waals surface area (Å²) < 4.78 is 10.8. The summed E-state index contributed by atoms with van der Waals surface area (Å²) in [7, 11) is 5.21. The third-order valence-electron chi connectivity index (χ3n) is 4.73. The van der Waals surface area contributed by atoms with Crippen molar-refractivity contribution < 1.29 is 19.4 Å². The first-order valence-electron chi connectivity index (χ1n) is 10.2. The van der Waals surface area contributed by atoms with E-state index in [1.807, 2.05) is 37.9 Å². The minimum Gasteiger partial charge on any atom is -0.508 e. The summed E-state index contributed by atoms with van der Waals surface area (Å²) in [5, 5.41) is 15.4. The number of guanidine groups is 1. The van der Waals surface area contributed by atoms with Crippen LogP contribution in [0.4, 0.5) is 0 Å². The van der Waals surface area contributed by atoms with Gasteiger partial charge in [0.15, 0.2) is 17.5 Å². The van der Waals surface area contributed by atoms with Crippen molar-refractivity contribution in [3.63, 3.8) is 0 Å². The maximum absolute atomic E-state index is 12.2. The molecule has 8 heteroatoms. The first-order valence-corrected chi connectivity index (χ1v) is 10.2. The second-order valence-corrected chi connectivity index (χ2v) is 7.03. The number of carbonyl (C=O) groups is 1. The molecule has 0 saturated heterocycles. The minimum absolute atomic E-state index is 0.129. The predicted molar refractivity (Wildman–Crippen MR) is 122 cm³/mol. The normalized spacial score (nSPS) is 11.1. The van der Waals surface area contributed by atoms with E-state index in [1.54, 1.807) is 26.4 Å². The first-order chi connectivity index (χ1) is 14.9. The third kappa shape index (κ3) is 6.80. The Balaban J connectivity index is 1.99. The van der Waals surface area contributed by atoms with Gasteiger partial charge in [0.25, 0.3) is 5.91 Å². The van der Waals surface area contributed by atoms with Crippen molar-refractivity contribution in [3.8, 4) is 17.2 Å². The van der Waals surface area contributed by atoms with Gasteiger partial charge in [-0.2, -0.15) is 0 Å². The quantitative estimate of drug-likeness (QED) is 0.323. The van der Waals surface area contributed by atoms with Crippen molar-refractivity contribution >= 4 is 11.9 Å². The van der Waals surface area contributed by atoms with Crippen LogP contribution in [0.1, 0.15) is 28.4 Å². The molecule has 2 aromatic rings. The van der Waals surface area contributed by atoms with E-state index >= 15 is 0 Å². The highest BCUT2D eigenvalue weighted by Crippen LogP contribution is 2.30. The van der Waals surface area contributed by atoms with Crippen molar-refractivity contribution in [2.75, 3.05) is 40.9 Å². The molecule has 0 aliphatic rings. The predicted octanol–water partition coefficient (Wildman–Crippen LogP) is 2.55. The van der Waals surface area contributed by atoms with E-state index in [0.29, 0.717) is 36.7 Å². The van der Waals surface area contributed by atoms with Crippen molar-refractivity contribution in [1.82, 2.24) is 15.5 Å². The number of aromatic hydroxyl groups is 1. The summed E-state index contributed by atoms with van der Waals surface area (Å²) in [6.45, 7) is 6.25. The second kappa shape index (κ2) is 11.7. The topological polar surface area (TPSA) is 95.4 Å². The zero-order valence-corrected chi connectivity index (χ0v) is 18.9. The van der Waals surface area contributed by atoms with Crippen LogP contribution in [0.25, 0.3) is 0 Å². The molecule has 2 aromatic carbocycles. The average Bonchev–Trinajstić information content (AvgIpc) is 2.77. The maximum atomic E-state index is 12.2. The van der Waals surface area contributed by atoms with Gasteiger partial charge in [-0.15, -0.1) is 0 Å². The highest BCUT2D eigenvalue weighted by molar-refractivity contribution is 5.94. The molecule has 3 N–H and O–H groups in total. The van der Waals surface area contributed by atoms with Crippen LogP contribution in [0.5, 0.6) is 17.2 Å². The number of aliphatic imine (C=N–C) groups is 1. The van der Waals surface area contributed by atoms with Crippen LogP contribution in [-0.4, -0.2) is 62.8 Å². The van der Waals surface area contributed by atoms with E-state index < -0.39 is 0 Å². The molecular weight excluding hydrogens is 396 g/mol. The van der Waals surface area contributed by atoms with E-state index in [-0.39, 0.29) is 11.7 Å². The Morgan fingerprint density at radius 3 is 2.35 bits per heavy atom. The van der Waals surface area contributed by atoms with Crippen molar-refractivity contribution in [1.29, 1.82) is 0 Å². The highest BCUT2D eigenvalue weighted by Gasteiger charge is 2.13. The largest absolute Gasteiger partial charge is 0.508 e. The lowest BCUT2D eigenvalue weighted by Gasteiger charge is -2.23. The highest BCUT2D eigenvalue weighted by atomic mass is 16.5. The molecule has 0 fully saturated rings. The van der Waals surface area contributed by atoms with Gasteiger partial charge in [0.05, 0.1) is 20.8 Å². The zero-order valence-electron chi connectivity index (χ0n) is 18.9. The molecule has 0 saturated carbocycles. The van der Waals surface area contributed by atoms with Gasteiger partial charge in [-0.3, -0.25) is 9.79 Å². The van der Waals surface area contributed by atoms with Crippen LogP contribution < -0.4 is 20.1 Å². The standard InChI is InChI=1S/C23H32N4O4/c1-6-24-23(26-12-11-25-22(29)17-7-9-19(28)10-8-17)27(3)15-18-14-21(31-5)20(30-4)13-16(18)2/h7-10,13-14,28H,6,11-12,15H2,1-5H3,(H,24,26)(H,25,29). The molecule has 0 aliphatic heterocycles. The molecule has 0 unspecified atom stereocenters. The maximum Gasteiger partial charge on any atom is 0.251 e. The van der Waals surface area contributed by atoms with Gasteiger partial charge in [-0.05, 0) is 61.4 Å². The SMILES string of the molecule is CCNC(=NCCNC(=O)c1ccc(O)cc1)N(C)Cc1cc(OC)c(OC)cc1C. The molecule has 8 nitrogen and oxygen atoms in total. The molecule has 0 spiro atoms. The summed E-state index contributed by atoms with van der Waals surface area (Å²) in [5.41, 5.74) is 2.70. The number of methoxy groups -OCH3 is 2. The molecule has 168 valence electrons. The fraction of sp³-hybridized carbons (Fsp3) is 0.391. The number of hydrogen-bond donors (Lipinski definition) is 3. The van der Waals surface area contributed by atoms with Crippen molar-refractivity contribution in [3.05, 3.63) is 53.1 Å². The third-order valence-corrected chi connectivity index (χ3v) is 4.73. The van der Waals surface area contributed by atoms with Gasteiger partial charge in [-0.1, -0.05) is 0 Å². The number of rotatable bonds is 9. The van der Waals surface area contributed by atoms with Gasteiger partial charge in [0.1, 0.15) is 5.75 Å². The number of benzene rings is 2. The number of ether oxygens (including phenoxy) is 2. The molecule has 0 radical (unpaired) electrons. The number of nitrogens with one attached hydrogen (secondary N) is 2. The number of amides is 1. The molecule has 0 bridgehead atoms. The number of hydrogen-bond acceptors (Lipinski definition) is 5. The summed E-state index contributed by atoms with van der Waals surface area (Å²) in [6.07, 6.45) is 0. The Kier molecular flexibility index (Phi) is 8.99. The van der Waals surface area contributed by atoms with Gasteiger partial charge in [0, 0.05) is 32.2 Å². The Bertz CT molecular complexity index is 897. The number of phenolic OH excluding ortho intramolecular Hbond substituents is 1. The van der Waals surface area contributed by atoms with Crippen LogP contribution in [0, 0.1) is 6.92 Å². The number of aryl methyl sites for hydroxylation is 1. The van der Waals surface area contributed by atoms with E-state index in [1.165, 1.54) is 12.1 Å². The van der Waals surface area contributed by atoms with Gasteiger partial charge >= 0.3 is 0 Å². The molecule has 1 amide bonds. The van der Waals surface area contributed by atoms with E-state index in [4.69, 9.17) is 9.47 Å². The van der Waals surface area contributed by atoms with Gasteiger partial charge < -0.3 is 30.1 Å². The lowest BCUT2D eigenvalue weighted by Crippen LogP contribution is -2.39. The summed E-state index contributed by atoms with van der Waals surface area (Å²) in [5.74, 6) is 2.07. The Morgan fingerprint density at radius 1 is 1.10 bits per heavy atom. The molecule has 2 rings (SSSR count). The molecule has 31 heavy (non-hydrogen) atoms. The number of nitrogens with zero attached hydrogens (tertiary/aromatic N) is 2. The molecule has 0 heterocycles. The van der Waals surface area contributed by atoms with Crippen LogP contribution in [-0.2, 0) is 6.54 Å². The average molecular weight is 429 g/mol. The van der Waals surface area contributed by atoms with Gasteiger partial charge in [-0.25, -0.2) is 0 Å². The van der Waals surface area contributed by atoms with Crippen LogP contribution in [0.2, 0.25) is 0 Å². The monoisotopic (exact) mass is 428 g/mol. The number of carbonyl (C=O) groups excluding carboxylic acids is 1. The lowest BCUT2D eigenvalue weighted by atomic mass is 10.1.